The topological polar surface area (TPSA) is 62.6 Å². The molecule has 0 spiro atoms. The average molecular weight is 376 g/mol. The number of hydrogen-bond donors (Lipinski definition) is 1. The molecule has 5 heteroatoms. The molecule has 0 aliphatic carbocycles. The fourth-order valence-corrected chi connectivity index (χ4v) is 3.99. The number of likely N-dealkylation sites (tertiary alicyclic amines) is 1. The summed E-state index contributed by atoms with van der Waals surface area (Å²) in [4.78, 5) is 28.0. The van der Waals surface area contributed by atoms with Crippen LogP contribution in [0.25, 0.3) is 22.3 Å². The van der Waals surface area contributed by atoms with Crippen molar-refractivity contribution in [1.82, 2.24) is 10.2 Å². The van der Waals surface area contributed by atoms with Gasteiger partial charge in [0.05, 0.1) is 10.9 Å². The van der Waals surface area contributed by atoms with E-state index in [1.54, 1.807) is 25.1 Å². The Morgan fingerprint density at radius 1 is 1.18 bits per heavy atom. The Kier molecular flexibility index (Phi) is 5.01. The molecule has 2 aromatic carbocycles. The molecule has 1 amide bonds. The van der Waals surface area contributed by atoms with Crippen LogP contribution in [0.15, 0.2) is 57.7 Å². The number of para-hydroxylation sites is 1. The van der Waals surface area contributed by atoms with E-state index in [0.29, 0.717) is 33.8 Å². The Hall–Kier alpha value is -2.92. The molecule has 1 saturated heterocycles. The van der Waals surface area contributed by atoms with Gasteiger partial charge in [-0.2, -0.15) is 0 Å². The second-order valence-corrected chi connectivity index (χ2v) is 7.40. The highest BCUT2D eigenvalue weighted by Crippen LogP contribution is 2.28. The van der Waals surface area contributed by atoms with Crippen LogP contribution >= 0.6 is 0 Å². The van der Waals surface area contributed by atoms with Crippen molar-refractivity contribution in [2.75, 3.05) is 26.7 Å². The molecule has 28 heavy (non-hydrogen) atoms. The molecule has 2 heterocycles. The highest BCUT2D eigenvalue weighted by atomic mass is 16.3. The number of rotatable bonds is 4. The molecule has 0 bridgehead atoms. The largest absolute Gasteiger partial charge is 0.455 e. The van der Waals surface area contributed by atoms with Crippen molar-refractivity contribution in [2.24, 2.45) is 5.92 Å². The first-order valence-electron chi connectivity index (χ1n) is 9.66. The molecule has 1 N–H and O–H groups in total. The number of nitrogens with one attached hydrogen (secondary N) is 1. The van der Waals surface area contributed by atoms with E-state index >= 15 is 0 Å². The normalized spacial score (nSPS) is 16.6. The zero-order chi connectivity index (χ0) is 19.7. The molecule has 1 aliphatic rings. The Balaban J connectivity index is 1.81. The maximum Gasteiger partial charge on any atom is 0.257 e. The Morgan fingerprint density at radius 2 is 1.96 bits per heavy atom. The summed E-state index contributed by atoms with van der Waals surface area (Å²) in [6, 6.07) is 14.8. The molecule has 3 aromatic rings. The first-order chi connectivity index (χ1) is 13.6. The molecule has 144 valence electrons. The summed E-state index contributed by atoms with van der Waals surface area (Å²) >= 11 is 0. The molecule has 1 aliphatic heterocycles. The summed E-state index contributed by atoms with van der Waals surface area (Å²) in [6.07, 6.45) is 0.982. The van der Waals surface area contributed by atoms with Crippen LogP contribution in [-0.4, -0.2) is 37.5 Å². The second kappa shape index (κ2) is 7.60. The predicted octanol–water partition coefficient (Wildman–Crippen LogP) is 3.45. The van der Waals surface area contributed by atoms with Gasteiger partial charge in [-0.15, -0.1) is 0 Å². The number of nitrogens with zero attached hydrogens (tertiary/aromatic N) is 1. The molecule has 1 atom stereocenters. The van der Waals surface area contributed by atoms with Gasteiger partial charge in [0.1, 0.15) is 5.76 Å². The van der Waals surface area contributed by atoms with E-state index in [-0.39, 0.29) is 11.3 Å². The van der Waals surface area contributed by atoms with Gasteiger partial charge < -0.3 is 14.6 Å². The molecule has 4 rings (SSSR count). The third kappa shape index (κ3) is 3.22. The lowest BCUT2D eigenvalue weighted by molar-refractivity contribution is 0.0788. The Labute approximate surface area is 164 Å². The average Bonchev–Trinajstić information content (AvgIpc) is 3.19. The van der Waals surface area contributed by atoms with Crippen LogP contribution in [0.3, 0.4) is 0 Å². The molecule has 1 aromatic heterocycles. The third-order valence-electron chi connectivity index (χ3n) is 5.48. The fourth-order valence-electron chi connectivity index (χ4n) is 3.99. The maximum absolute atomic E-state index is 13.2. The van der Waals surface area contributed by atoms with Crippen molar-refractivity contribution < 1.29 is 9.21 Å². The summed E-state index contributed by atoms with van der Waals surface area (Å²) in [5.74, 6) is 0.904. The first kappa shape index (κ1) is 18.4. The maximum atomic E-state index is 13.2. The standard InChI is InChI=1S/C23H24N2O3/c1-15-20(26)18-9-6-10-19(23(27)25-12-11-16(14-25)13-24-2)22(18)28-21(15)17-7-4-3-5-8-17/h3-10,16,24H,11-14H2,1-2H3. The predicted molar refractivity (Wildman–Crippen MR) is 111 cm³/mol. The van der Waals surface area contributed by atoms with E-state index in [0.717, 1.165) is 31.6 Å². The van der Waals surface area contributed by atoms with Gasteiger partial charge in [0.2, 0.25) is 0 Å². The van der Waals surface area contributed by atoms with Gasteiger partial charge in [-0.05, 0) is 45.0 Å². The number of benzene rings is 2. The molecule has 1 unspecified atom stereocenters. The van der Waals surface area contributed by atoms with Crippen molar-refractivity contribution in [2.45, 2.75) is 13.3 Å². The van der Waals surface area contributed by atoms with E-state index in [4.69, 9.17) is 4.42 Å². The SMILES string of the molecule is CNCC1CCN(C(=O)c2cccc3c(=O)c(C)c(-c4ccccc4)oc23)C1. The summed E-state index contributed by atoms with van der Waals surface area (Å²) < 4.78 is 6.19. The summed E-state index contributed by atoms with van der Waals surface area (Å²) in [7, 11) is 1.93. The van der Waals surface area contributed by atoms with Gasteiger partial charge in [0, 0.05) is 24.2 Å². The summed E-state index contributed by atoms with van der Waals surface area (Å²) in [5.41, 5.74) is 2.12. The lowest BCUT2D eigenvalue weighted by atomic mass is 10.0. The monoisotopic (exact) mass is 376 g/mol. The summed E-state index contributed by atoms with van der Waals surface area (Å²) in [5, 5.41) is 3.63. The smallest absolute Gasteiger partial charge is 0.257 e. The van der Waals surface area contributed by atoms with Gasteiger partial charge in [0.25, 0.3) is 5.91 Å². The van der Waals surface area contributed by atoms with E-state index in [1.165, 1.54) is 0 Å². The van der Waals surface area contributed by atoms with Crippen molar-refractivity contribution in [3.8, 4) is 11.3 Å². The van der Waals surface area contributed by atoms with Crippen LogP contribution in [0.5, 0.6) is 0 Å². The number of fused-ring (bicyclic) bond motifs is 1. The number of carbonyl (C=O) groups is 1. The highest BCUT2D eigenvalue weighted by Gasteiger charge is 2.28. The van der Waals surface area contributed by atoms with Gasteiger partial charge in [-0.3, -0.25) is 9.59 Å². The van der Waals surface area contributed by atoms with Crippen LogP contribution in [0.2, 0.25) is 0 Å². The Morgan fingerprint density at radius 3 is 2.71 bits per heavy atom. The van der Waals surface area contributed by atoms with Gasteiger partial charge in [-0.25, -0.2) is 0 Å². The zero-order valence-corrected chi connectivity index (χ0v) is 16.2. The number of carbonyl (C=O) groups excluding carboxylic acids is 1. The van der Waals surface area contributed by atoms with Crippen molar-refractivity contribution in [3.63, 3.8) is 0 Å². The lowest BCUT2D eigenvalue weighted by Crippen LogP contribution is -2.30. The van der Waals surface area contributed by atoms with E-state index < -0.39 is 0 Å². The molecule has 1 fully saturated rings. The van der Waals surface area contributed by atoms with Crippen LogP contribution in [0, 0.1) is 12.8 Å². The number of hydrogen-bond acceptors (Lipinski definition) is 4. The minimum Gasteiger partial charge on any atom is -0.455 e. The van der Waals surface area contributed by atoms with Crippen LogP contribution < -0.4 is 10.7 Å². The van der Waals surface area contributed by atoms with Crippen LogP contribution in [0.1, 0.15) is 22.3 Å². The number of amides is 1. The zero-order valence-electron chi connectivity index (χ0n) is 16.2. The highest BCUT2D eigenvalue weighted by molar-refractivity contribution is 6.05. The molecule has 0 saturated carbocycles. The van der Waals surface area contributed by atoms with Gasteiger partial charge in [0.15, 0.2) is 11.0 Å². The van der Waals surface area contributed by atoms with Crippen molar-refractivity contribution in [1.29, 1.82) is 0 Å². The minimum atomic E-state index is -0.0933. The Bertz CT molecular complexity index is 1070. The minimum absolute atomic E-state index is 0.0739. The summed E-state index contributed by atoms with van der Waals surface area (Å²) in [6.45, 7) is 4.11. The van der Waals surface area contributed by atoms with E-state index in [2.05, 4.69) is 5.32 Å². The van der Waals surface area contributed by atoms with Crippen LogP contribution in [-0.2, 0) is 0 Å². The van der Waals surface area contributed by atoms with Gasteiger partial charge >= 0.3 is 0 Å². The quantitative estimate of drug-likeness (QED) is 0.758. The van der Waals surface area contributed by atoms with E-state index in [9.17, 15) is 9.59 Å². The fraction of sp³-hybridized carbons (Fsp3) is 0.304. The van der Waals surface area contributed by atoms with E-state index in [1.807, 2.05) is 42.3 Å². The molecular weight excluding hydrogens is 352 g/mol. The van der Waals surface area contributed by atoms with Crippen LogP contribution in [0.4, 0.5) is 0 Å². The molecule has 0 radical (unpaired) electrons. The first-order valence-corrected chi connectivity index (χ1v) is 9.66. The second-order valence-electron chi connectivity index (χ2n) is 7.40. The molecule has 5 nitrogen and oxygen atoms in total. The third-order valence-corrected chi connectivity index (χ3v) is 5.48. The van der Waals surface area contributed by atoms with Gasteiger partial charge in [-0.1, -0.05) is 36.4 Å². The van der Waals surface area contributed by atoms with Crippen molar-refractivity contribution in [3.05, 3.63) is 69.9 Å². The van der Waals surface area contributed by atoms with Crippen molar-refractivity contribution >= 4 is 16.9 Å². The lowest BCUT2D eigenvalue weighted by Gasteiger charge is -2.18. The molecular formula is C23H24N2O3.